The van der Waals surface area contributed by atoms with Crippen LogP contribution in [0.4, 0.5) is 4.39 Å². The van der Waals surface area contributed by atoms with Gasteiger partial charge < -0.3 is 5.73 Å². The van der Waals surface area contributed by atoms with Crippen LogP contribution in [0.3, 0.4) is 0 Å². The Morgan fingerprint density at radius 2 is 2.00 bits per heavy atom. The van der Waals surface area contributed by atoms with Crippen molar-refractivity contribution in [3.63, 3.8) is 0 Å². The molecule has 106 valence electrons. The fourth-order valence-corrected chi connectivity index (χ4v) is 3.29. The van der Waals surface area contributed by atoms with Crippen molar-refractivity contribution in [2.75, 3.05) is 0 Å². The van der Waals surface area contributed by atoms with Gasteiger partial charge >= 0.3 is 0 Å². The molecule has 0 aromatic heterocycles. The molecule has 0 aliphatic carbocycles. The van der Waals surface area contributed by atoms with E-state index in [0.717, 1.165) is 12.1 Å². The lowest BCUT2D eigenvalue weighted by Gasteiger charge is -2.21. The smallest absolute Gasteiger partial charge is 0.241 e. The molecule has 0 spiro atoms. The van der Waals surface area contributed by atoms with Gasteiger partial charge in [-0.15, -0.1) is 0 Å². The minimum atomic E-state index is -3.83. The Morgan fingerprint density at radius 1 is 1.42 bits per heavy atom. The van der Waals surface area contributed by atoms with Crippen molar-refractivity contribution in [3.05, 3.63) is 29.6 Å². The van der Waals surface area contributed by atoms with E-state index in [0.29, 0.717) is 5.56 Å². The molecule has 19 heavy (non-hydrogen) atoms. The lowest BCUT2D eigenvalue weighted by Crippen LogP contribution is -2.47. The van der Waals surface area contributed by atoms with Gasteiger partial charge in [0, 0.05) is 0 Å². The summed E-state index contributed by atoms with van der Waals surface area (Å²) >= 11 is 0. The Kier molecular flexibility index (Phi) is 4.65. The molecule has 0 saturated heterocycles. The Morgan fingerprint density at radius 3 is 2.42 bits per heavy atom. The van der Waals surface area contributed by atoms with E-state index in [9.17, 15) is 12.8 Å². The normalized spacial score (nSPS) is 13.5. The third-order valence-corrected chi connectivity index (χ3v) is 4.31. The summed E-state index contributed by atoms with van der Waals surface area (Å²) in [4.78, 5) is -0.0131. The minimum Gasteiger partial charge on any atom is -0.386 e. The molecule has 4 N–H and O–H groups in total. The predicted molar refractivity (Wildman–Crippen MR) is 72.0 cm³/mol. The zero-order valence-corrected chi connectivity index (χ0v) is 11.9. The fraction of sp³-hybridized carbons (Fsp3) is 0.417. The van der Waals surface area contributed by atoms with Crippen LogP contribution in [-0.2, 0) is 10.0 Å². The summed E-state index contributed by atoms with van der Waals surface area (Å²) in [5, 5.41) is 7.40. The summed E-state index contributed by atoms with van der Waals surface area (Å²) in [6, 6.07) is 2.64. The predicted octanol–water partition coefficient (Wildman–Crippen LogP) is 1.37. The molecular formula is C12H18FN3O2S. The van der Waals surface area contributed by atoms with E-state index in [1.165, 1.54) is 13.0 Å². The van der Waals surface area contributed by atoms with Crippen LogP contribution in [0.15, 0.2) is 23.1 Å². The van der Waals surface area contributed by atoms with E-state index in [1.807, 2.05) is 0 Å². The number of sulfonamides is 1. The van der Waals surface area contributed by atoms with E-state index in [-0.39, 0.29) is 16.6 Å². The zero-order valence-electron chi connectivity index (χ0n) is 11.1. The van der Waals surface area contributed by atoms with E-state index < -0.39 is 21.9 Å². The lowest BCUT2D eigenvalue weighted by atomic mass is 10.1. The lowest BCUT2D eigenvalue weighted by molar-refractivity contribution is 0.521. The molecule has 7 heteroatoms. The van der Waals surface area contributed by atoms with Crippen molar-refractivity contribution in [2.24, 2.45) is 11.7 Å². The molecule has 1 rings (SSSR count). The van der Waals surface area contributed by atoms with Crippen LogP contribution in [0.2, 0.25) is 0 Å². The maximum Gasteiger partial charge on any atom is 0.241 e. The monoisotopic (exact) mass is 287 g/mol. The van der Waals surface area contributed by atoms with Crippen molar-refractivity contribution in [1.29, 1.82) is 5.41 Å². The molecule has 1 atom stereocenters. The Hall–Kier alpha value is -1.47. The first-order valence-electron chi connectivity index (χ1n) is 5.77. The first-order chi connectivity index (χ1) is 8.65. The molecule has 0 bridgehead atoms. The molecular weight excluding hydrogens is 269 g/mol. The van der Waals surface area contributed by atoms with Gasteiger partial charge in [-0.05, 0) is 36.6 Å². The van der Waals surface area contributed by atoms with Crippen LogP contribution in [-0.4, -0.2) is 20.3 Å². The van der Waals surface area contributed by atoms with Gasteiger partial charge in [0.15, 0.2) is 0 Å². The standard InChI is InChI=1S/C12H18FN3O2S/c1-7(2)11(12(14)15)16-19(17,18)10-5-4-9(13)6-8(10)3/h4-7,11,16H,1-3H3,(H3,14,15). The van der Waals surface area contributed by atoms with Crippen LogP contribution in [0, 0.1) is 24.1 Å². The fourth-order valence-electron chi connectivity index (χ4n) is 1.70. The van der Waals surface area contributed by atoms with Crippen LogP contribution in [0.1, 0.15) is 19.4 Å². The molecule has 0 saturated carbocycles. The molecule has 0 amide bonds. The summed E-state index contributed by atoms with van der Waals surface area (Å²) in [5.74, 6) is -0.908. The first-order valence-corrected chi connectivity index (χ1v) is 7.26. The van der Waals surface area contributed by atoms with Gasteiger partial charge in [0.1, 0.15) is 11.7 Å². The maximum atomic E-state index is 13.0. The SMILES string of the molecule is Cc1cc(F)ccc1S(=O)(=O)NC(C(=N)N)C(C)C. The summed E-state index contributed by atoms with van der Waals surface area (Å²) in [5.41, 5.74) is 5.69. The van der Waals surface area contributed by atoms with Crippen LogP contribution < -0.4 is 10.5 Å². The van der Waals surface area contributed by atoms with Crippen molar-refractivity contribution in [2.45, 2.75) is 31.7 Å². The molecule has 1 unspecified atom stereocenters. The van der Waals surface area contributed by atoms with Gasteiger partial charge in [-0.2, -0.15) is 0 Å². The molecule has 1 aromatic rings. The number of rotatable bonds is 5. The summed E-state index contributed by atoms with van der Waals surface area (Å²) in [6.45, 7) is 5.02. The molecule has 0 fully saturated rings. The van der Waals surface area contributed by atoms with Gasteiger partial charge in [0.25, 0.3) is 0 Å². The molecule has 0 aliphatic rings. The second kappa shape index (κ2) is 5.66. The number of amidine groups is 1. The van der Waals surface area contributed by atoms with E-state index in [4.69, 9.17) is 11.1 Å². The highest BCUT2D eigenvalue weighted by Gasteiger charge is 2.25. The van der Waals surface area contributed by atoms with Gasteiger partial charge in [-0.1, -0.05) is 13.8 Å². The maximum absolute atomic E-state index is 13.0. The zero-order chi connectivity index (χ0) is 14.8. The highest BCUT2D eigenvalue weighted by Crippen LogP contribution is 2.17. The number of hydrogen-bond acceptors (Lipinski definition) is 3. The van der Waals surface area contributed by atoms with E-state index in [2.05, 4.69) is 4.72 Å². The van der Waals surface area contributed by atoms with Gasteiger partial charge in [-0.3, -0.25) is 5.41 Å². The number of nitrogens with two attached hydrogens (primary N) is 1. The molecule has 0 aliphatic heterocycles. The molecule has 0 heterocycles. The van der Waals surface area contributed by atoms with Crippen molar-refractivity contribution in [3.8, 4) is 0 Å². The number of nitrogens with one attached hydrogen (secondary N) is 2. The number of hydrogen-bond donors (Lipinski definition) is 3. The Labute approximate surface area is 112 Å². The molecule has 1 aromatic carbocycles. The van der Waals surface area contributed by atoms with E-state index >= 15 is 0 Å². The molecule has 0 radical (unpaired) electrons. The minimum absolute atomic E-state index is 0.0131. The number of aryl methyl sites for hydroxylation is 1. The highest BCUT2D eigenvalue weighted by molar-refractivity contribution is 7.89. The second-order valence-electron chi connectivity index (χ2n) is 4.71. The number of benzene rings is 1. The van der Waals surface area contributed by atoms with Crippen molar-refractivity contribution < 1.29 is 12.8 Å². The largest absolute Gasteiger partial charge is 0.386 e. The topological polar surface area (TPSA) is 96.0 Å². The van der Waals surface area contributed by atoms with E-state index in [1.54, 1.807) is 13.8 Å². The van der Waals surface area contributed by atoms with Gasteiger partial charge in [0.05, 0.1) is 10.9 Å². The van der Waals surface area contributed by atoms with Crippen LogP contribution in [0.25, 0.3) is 0 Å². The Bertz CT molecular complexity index is 585. The van der Waals surface area contributed by atoms with Crippen LogP contribution in [0.5, 0.6) is 0 Å². The highest BCUT2D eigenvalue weighted by atomic mass is 32.2. The summed E-state index contributed by atoms with van der Waals surface area (Å²) in [6.07, 6.45) is 0. The Balaban J connectivity index is 3.14. The summed E-state index contributed by atoms with van der Waals surface area (Å²) < 4.78 is 39.8. The third kappa shape index (κ3) is 3.74. The average Bonchev–Trinajstić information content (AvgIpc) is 2.24. The van der Waals surface area contributed by atoms with Crippen molar-refractivity contribution >= 4 is 15.9 Å². The summed E-state index contributed by atoms with van der Waals surface area (Å²) in [7, 11) is -3.83. The first kappa shape index (κ1) is 15.6. The van der Waals surface area contributed by atoms with Crippen LogP contribution >= 0.6 is 0 Å². The van der Waals surface area contributed by atoms with Crippen molar-refractivity contribution in [1.82, 2.24) is 4.72 Å². The third-order valence-electron chi connectivity index (χ3n) is 2.71. The van der Waals surface area contributed by atoms with Gasteiger partial charge in [-0.25, -0.2) is 17.5 Å². The number of halogens is 1. The quantitative estimate of drug-likeness (QED) is 0.563. The molecule has 5 nitrogen and oxygen atoms in total. The van der Waals surface area contributed by atoms with Gasteiger partial charge in [0.2, 0.25) is 10.0 Å². The average molecular weight is 287 g/mol. The second-order valence-corrected chi connectivity index (χ2v) is 6.39.